The van der Waals surface area contributed by atoms with Gasteiger partial charge in [-0.05, 0) is 37.1 Å². The van der Waals surface area contributed by atoms with Crippen LogP contribution in [0.1, 0.15) is 20.9 Å². The standard InChI is InChI=1S/C15H16N2O2S/c1-9-13(15(18)19-3)16-14(20-9)11-4-5-12-10(8-11)6-7-17(12)2/h4-5,8H,6-7H2,1-3H3. The number of hydrogen-bond donors (Lipinski definition) is 0. The number of esters is 1. The molecule has 0 atom stereocenters. The maximum absolute atomic E-state index is 11.6. The van der Waals surface area contributed by atoms with Crippen molar-refractivity contribution in [1.82, 2.24) is 4.98 Å². The van der Waals surface area contributed by atoms with Crippen molar-refractivity contribution in [3.8, 4) is 10.6 Å². The van der Waals surface area contributed by atoms with E-state index in [2.05, 4.69) is 35.1 Å². The van der Waals surface area contributed by atoms with Crippen LogP contribution in [0.25, 0.3) is 10.6 Å². The predicted octanol–water partition coefficient (Wildman–Crippen LogP) is 2.90. The smallest absolute Gasteiger partial charge is 0.357 e. The van der Waals surface area contributed by atoms with Crippen LogP contribution >= 0.6 is 11.3 Å². The minimum Gasteiger partial charge on any atom is -0.464 e. The van der Waals surface area contributed by atoms with E-state index in [0.29, 0.717) is 5.69 Å². The van der Waals surface area contributed by atoms with Gasteiger partial charge in [0.1, 0.15) is 5.01 Å². The first-order valence-corrected chi connectivity index (χ1v) is 7.32. The summed E-state index contributed by atoms with van der Waals surface area (Å²) in [6.45, 7) is 2.96. The van der Waals surface area contributed by atoms with E-state index in [4.69, 9.17) is 4.74 Å². The van der Waals surface area contributed by atoms with Crippen molar-refractivity contribution >= 4 is 23.0 Å². The number of hydrogen-bond acceptors (Lipinski definition) is 5. The van der Waals surface area contributed by atoms with Crippen molar-refractivity contribution in [2.75, 3.05) is 25.6 Å². The Morgan fingerprint density at radius 3 is 3.00 bits per heavy atom. The van der Waals surface area contributed by atoms with E-state index < -0.39 is 0 Å². The van der Waals surface area contributed by atoms with E-state index in [9.17, 15) is 4.79 Å². The summed E-state index contributed by atoms with van der Waals surface area (Å²) in [5, 5.41) is 0.875. The zero-order valence-electron chi connectivity index (χ0n) is 11.8. The average molecular weight is 288 g/mol. The van der Waals surface area contributed by atoms with Gasteiger partial charge in [-0.3, -0.25) is 0 Å². The largest absolute Gasteiger partial charge is 0.464 e. The van der Waals surface area contributed by atoms with Gasteiger partial charge in [-0.2, -0.15) is 0 Å². The number of carbonyl (C=O) groups excluding carboxylic acids is 1. The molecule has 1 aliphatic heterocycles. The van der Waals surface area contributed by atoms with Crippen LogP contribution in [0.3, 0.4) is 0 Å². The van der Waals surface area contributed by atoms with E-state index in [1.54, 1.807) is 0 Å². The molecule has 0 radical (unpaired) electrons. The molecule has 4 nitrogen and oxygen atoms in total. The Hall–Kier alpha value is -1.88. The van der Waals surface area contributed by atoms with E-state index in [-0.39, 0.29) is 5.97 Å². The van der Waals surface area contributed by atoms with Crippen LogP contribution in [0.15, 0.2) is 18.2 Å². The summed E-state index contributed by atoms with van der Waals surface area (Å²) in [5.74, 6) is -0.370. The predicted molar refractivity (Wildman–Crippen MR) is 80.6 cm³/mol. The molecular formula is C15H16N2O2S. The fourth-order valence-corrected chi connectivity index (χ4v) is 3.40. The first kappa shape index (κ1) is 13.1. The molecule has 5 heteroatoms. The Bertz CT molecular complexity index is 679. The van der Waals surface area contributed by atoms with Gasteiger partial charge in [0.05, 0.1) is 7.11 Å². The van der Waals surface area contributed by atoms with Crippen LogP contribution in [-0.4, -0.2) is 31.7 Å². The summed E-state index contributed by atoms with van der Waals surface area (Å²) in [7, 11) is 3.49. The molecule has 104 valence electrons. The molecule has 0 bridgehead atoms. The quantitative estimate of drug-likeness (QED) is 0.797. The zero-order valence-corrected chi connectivity index (χ0v) is 12.6. The number of fused-ring (bicyclic) bond motifs is 1. The number of likely N-dealkylation sites (N-methyl/N-ethyl adjacent to an activating group) is 1. The molecule has 0 spiro atoms. The highest BCUT2D eigenvalue weighted by molar-refractivity contribution is 7.15. The first-order chi connectivity index (χ1) is 9.60. The van der Waals surface area contributed by atoms with Gasteiger partial charge in [-0.25, -0.2) is 9.78 Å². The Morgan fingerprint density at radius 1 is 1.45 bits per heavy atom. The molecule has 0 unspecified atom stereocenters. The monoisotopic (exact) mass is 288 g/mol. The van der Waals surface area contributed by atoms with Gasteiger partial charge in [0.15, 0.2) is 5.69 Å². The van der Waals surface area contributed by atoms with Gasteiger partial charge >= 0.3 is 5.97 Å². The Morgan fingerprint density at radius 2 is 2.25 bits per heavy atom. The number of aromatic nitrogens is 1. The second kappa shape index (κ2) is 4.90. The van der Waals surface area contributed by atoms with Gasteiger partial charge in [0, 0.05) is 29.7 Å². The number of methoxy groups -OCH3 is 1. The molecule has 0 saturated carbocycles. The Balaban J connectivity index is 2.00. The molecule has 1 aromatic heterocycles. The molecule has 3 rings (SSSR count). The Kier molecular flexibility index (Phi) is 3.22. The molecule has 1 aliphatic rings. The lowest BCUT2D eigenvalue weighted by Crippen LogP contribution is -2.12. The zero-order chi connectivity index (χ0) is 14.3. The SMILES string of the molecule is COC(=O)c1nc(-c2ccc3c(c2)CCN3C)sc1C. The minimum absolute atomic E-state index is 0.370. The lowest BCUT2D eigenvalue weighted by molar-refractivity contribution is 0.0594. The molecule has 0 N–H and O–H groups in total. The number of anilines is 1. The summed E-state index contributed by atoms with van der Waals surface area (Å²) in [5.41, 5.74) is 4.13. The van der Waals surface area contributed by atoms with Crippen LogP contribution < -0.4 is 4.90 Å². The van der Waals surface area contributed by atoms with Crippen LogP contribution in [0, 0.1) is 6.92 Å². The second-order valence-electron chi connectivity index (χ2n) is 4.93. The van der Waals surface area contributed by atoms with Crippen molar-refractivity contribution in [3.05, 3.63) is 34.3 Å². The van der Waals surface area contributed by atoms with E-state index in [1.165, 1.54) is 29.7 Å². The summed E-state index contributed by atoms with van der Waals surface area (Å²) in [4.78, 5) is 19.2. The maximum Gasteiger partial charge on any atom is 0.357 e. The van der Waals surface area contributed by atoms with E-state index in [1.807, 2.05) is 6.92 Å². The van der Waals surface area contributed by atoms with Crippen LogP contribution in [0.5, 0.6) is 0 Å². The lowest BCUT2D eigenvalue weighted by Gasteiger charge is -2.11. The molecule has 1 aromatic carbocycles. The number of nitrogens with zero attached hydrogens (tertiary/aromatic N) is 2. The molecule has 0 saturated heterocycles. The molecule has 0 aliphatic carbocycles. The summed E-state index contributed by atoms with van der Waals surface area (Å²) in [6, 6.07) is 6.38. The second-order valence-corrected chi connectivity index (χ2v) is 6.13. The number of benzene rings is 1. The molecule has 0 amide bonds. The number of rotatable bonds is 2. The van der Waals surface area contributed by atoms with Crippen molar-refractivity contribution in [2.45, 2.75) is 13.3 Å². The third kappa shape index (κ3) is 2.08. The van der Waals surface area contributed by atoms with Crippen molar-refractivity contribution in [1.29, 1.82) is 0 Å². The summed E-state index contributed by atoms with van der Waals surface area (Å²) in [6.07, 6.45) is 1.06. The summed E-state index contributed by atoms with van der Waals surface area (Å²) < 4.78 is 4.75. The third-order valence-electron chi connectivity index (χ3n) is 3.63. The van der Waals surface area contributed by atoms with Gasteiger partial charge in [0.25, 0.3) is 0 Å². The lowest BCUT2D eigenvalue weighted by atomic mass is 10.1. The number of aryl methyl sites for hydroxylation is 1. The molecule has 2 heterocycles. The highest BCUT2D eigenvalue weighted by atomic mass is 32.1. The molecule has 20 heavy (non-hydrogen) atoms. The normalized spacial score (nSPS) is 13.4. The van der Waals surface area contributed by atoms with Crippen LogP contribution in [0.2, 0.25) is 0 Å². The topological polar surface area (TPSA) is 42.4 Å². The van der Waals surface area contributed by atoms with Crippen LogP contribution in [0.4, 0.5) is 5.69 Å². The van der Waals surface area contributed by atoms with E-state index >= 15 is 0 Å². The first-order valence-electron chi connectivity index (χ1n) is 6.50. The number of carbonyl (C=O) groups is 1. The number of thiazole rings is 1. The summed E-state index contributed by atoms with van der Waals surface area (Å²) >= 11 is 1.53. The van der Waals surface area contributed by atoms with Crippen molar-refractivity contribution < 1.29 is 9.53 Å². The number of ether oxygens (including phenoxy) is 1. The maximum atomic E-state index is 11.6. The highest BCUT2D eigenvalue weighted by Crippen LogP contribution is 2.34. The Labute approximate surface area is 122 Å². The molecule has 2 aromatic rings. The fourth-order valence-electron chi connectivity index (χ4n) is 2.51. The van der Waals surface area contributed by atoms with Gasteiger partial charge in [-0.1, -0.05) is 0 Å². The van der Waals surface area contributed by atoms with Gasteiger partial charge in [0.2, 0.25) is 0 Å². The molecular weight excluding hydrogens is 272 g/mol. The highest BCUT2D eigenvalue weighted by Gasteiger charge is 2.19. The third-order valence-corrected chi connectivity index (χ3v) is 4.65. The average Bonchev–Trinajstić information content (AvgIpc) is 3.02. The molecule has 0 fully saturated rings. The van der Waals surface area contributed by atoms with Crippen molar-refractivity contribution in [3.63, 3.8) is 0 Å². The van der Waals surface area contributed by atoms with E-state index in [0.717, 1.165) is 28.4 Å². The van der Waals surface area contributed by atoms with Gasteiger partial charge < -0.3 is 9.64 Å². The minimum atomic E-state index is -0.370. The van der Waals surface area contributed by atoms with Crippen LogP contribution in [-0.2, 0) is 11.2 Å². The van der Waals surface area contributed by atoms with Crippen molar-refractivity contribution in [2.24, 2.45) is 0 Å². The fraction of sp³-hybridized carbons (Fsp3) is 0.333. The van der Waals surface area contributed by atoms with Gasteiger partial charge in [-0.15, -0.1) is 11.3 Å².